The van der Waals surface area contributed by atoms with Crippen LogP contribution < -0.4 is 4.72 Å². The Morgan fingerprint density at radius 2 is 1.67 bits per heavy atom. The highest BCUT2D eigenvalue weighted by Gasteiger charge is 2.19. The second-order valence-corrected chi connectivity index (χ2v) is 6.02. The SMILES string of the molecule is COCc1ccccc1C(=O)NS(=O)(=O)c1ccccc1. The van der Waals surface area contributed by atoms with Gasteiger partial charge in [0.25, 0.3) is 15.9 Å². The average Bonchev–Trinajstić information content (AvgIpc) is 2.48. The number of hydrogen-bond acceptors (Lipinski definition) is 4. The van der Waals surface area contributed by atoms with E-state index in [9.17, 15) is 13.2 Å². The molecule has 2 aromatic carbocycles. The minimum absolute atomic E-state index is 0.0440. The molecule has 0 atom stereocenters. The summed E-state index contributed by atoms with van der Waals surface area (Å²) in [6.45, 7) is 0.231. The predicted molar refractivity (Wildman–Crippen MR) is 78.2 cm³/mol. The Morgan fingerprint density at radius 1 is 1.05 bits per heavy atom. The lowest BCUT2D eigenvalue weighted by Gasteiger charge is -2.10. The lowest BCUT2D eigenvalue weighted by Crippen LogP contribution is -2.31. The van der Waals surface area contributed by atoms with E-state index < -0.39 is 15.9 Å². The molecule has 0 unspecified atom stereocenters. The van der Waals surface area contributed by atoms with Crippen LogP contribution in [0, 0.1) is 0 Å². The number of sulfonamides is 1. The Labute approximate surface area is 123 Å². The molecule has 0 aliphatic carbocycles. The minimum Gasteiger partial charge on any atom is -0.380 e. The van der Waals surface area contributed by atoms with Crippen molar-refractivity contribution in [2.45, 2.75) is 11.5 Å². The zero-order valence-corrected chi connectivity index (χ0v) is 12.3. The maximum Gasteiger partial charge on any atom is 0.265 e. The summed E-state index contributed by atoms with van der Waals surface area (Å²) in [6, 6.07) is 14.5. The van der Waals surface area contributed by atoms with Crippen LogP contribution in [0.2, 0.25) is 0 Å². The molecule has 1 N–H and O–H groups in total. The fourth-order valence-corrected chi connectivity index (χ4v) is 2.85. The van der Waals surface area contributed by atoms with Crippen molar-refractivity contribution >= 4 is 15.9 Å². The van der Waals surface area contributed by atoms with Crippen LogP contribution in [0.4, 0.5) is 0 Å². The van der Waals surface area contributed by atoms with Gasteiger partial charge in [-0.25, -0.2) is 13.1 Å². The molecule has 2 rings (SSSR count). The molecule has 6 heteroatoms. The van der Waals surface area contributed by atoms with Crippen LogP contribution in [0.5, 0.6) is 0 Å². The Bertz CT molecular complexity index is 726. The minimum atomic E-state index is -3.88. The molecule has 110 valence electrons. The van der Waals surface area contributed by atoms with Crippen molar-refractivity contribution in [2.24, 2.45) is 0 Å². The zero-order chi connectivity index (χ0) is 15.3. The molecule has 0 aliphatic rings. The normalized spacial score (nSPS) is 11.1. The third-order valence-corrected chi connectivity index (χ3v) is 4.19. The van der Waals surface area contributed by atoms with Gasteiger partial charge in [-0.3, -0.25) is 4.79 Å². The van der Waals surface area contributed by atoms with E-state index in [1.54, 1.807) is 42.5 Å². The van der Waals surface area contributed by atoms with Gasteiger partial charge in [-0.05, 0) is 23.8 Å². The van der Waals surface area contributed by atoms with E-state index >= 15 is 0 Å². The molecule has 0 heterocycles. The van der Waals surface area contributed by atoms with E-state index in [0.717, 1.165) is 0 Å². The van der Waals surface area contributed by atoms with Crippen molar-refractivity contribution in [3.63, 3.8) is 0 Å². The van der Waals surface area contributed by atoms with Crippen LogP contribution in [0.1, 0.15) is 15.9 Å². The van der Waals surface area contributed by atoms with Gasteiger partial charge in [-0.15, -0.1) is 0 Å². The molecule has 0 aromatic heterocycles. The molecule has 2 aromatic rings. The summed E-state index contributed by atoms with van der Waals surface area (Å²) in [5.74, 6) is -0.675. The first-order valence-corrected chi connectivity index (χ1v) is 7.72. The number of benzene rings is 2. The Hall–Kier alpha value is -2.18. The highest BCUT2D eigenvalue weighted by molar-refractivity contribution is 7.90. The molecule has 0 saturated heterocycles. The van der Waals surface area contributed by atoms with E-state index in [-0.39, 0.29) is 17.1 Å². The van der Waals surface area contributed by atoms with Crippen LogP contribution in [0.3, 0.4) is 0 Å². The molecule has 5 nitrogen and oxygen atoms in total. The number of hydrogen-bond donors (Lipinski definition) is 1. The lowest BCUT2D eigenvalue weighted by molar-refractivity contribution is 0.0976. The van der Waals surface area contributed by atoms with Gasteiger partial charge < -0.3 is 4.74 Å². The summed E-state index contributed by atoms with van der Waals surface area (Å²) in [7, 11) is -2.37. The third-order valence-electron chi connectivity index (χ3n) is 2.84. The van der Waals surface area contributed by atoms with Crippen LogP contribution in [-0.2, 0) is 21.4 Å². The smallest absolute Gasteiger partial charge is 0.265 e. The number of amides is 1. The number of rotatable bonds is 5. The van der Waals surface area contributed by atoms with Crippen LogP contribution in [0.15, 0.2) is 59.5 Å². The first kappa shape index (κ1) is 15.2. The molecular formula is C15H15NO4S. The Balaban J connectivity index is 2.26. The van der Waals surface area contributed by atoms with Crippen molar-refractivity contribution in [3.8, 4) is 0 Å². The van der Waals surface area contributed by atoms with Crippen molar-refractivity contribution < 1.29 is 17.9 Å². The monoisotopic (exact) mass is 305 g/mol. The molecule has 0 aliphatic heterocycles. The van der Waals surface area contributed by atoms with E-state index in [1.165, 1.54) is 19.2 Å². The quantitative estimate of drug-likeness (QED) is 0.916. The Kier molecular flexibility index (Phi) is 4.72. The molecule has 0 radical (unpaired) electrons. The van der Waals surface area contributed by atoms with Gasteiger partial charge in [-0.1, -0.05) is 36.4 Å². The van der Waals surface area contributed by atoms with Gasteiger partial charge >= 0.3 is 0 Å². The molecule has 0 spiro atoms. The van der Waals surface area contributed by atoms with E-state index in [2.05, 4.69) is 4.72 Å². The van der Waals surface area contributed by atoms with Crippen molar-refractivity contribution in [3.05, 3.63) is 65.7 Å². The number of carbonyl (C=O) groups excluding carboxylic acids is 1. The molecule has 0 saturated carbocycles. The van der Waals surface area contributed by atoms with Gasteiger partial charge in [0, 0.05) is 12.7 Å². The second-order valence-electron chi connectivity index (χ2n) is 4.34. The number of nitrogens with one attached hydrogen (secondary N) is 1. The largest absolute Gasteiger partial charge is 0.380 e. The topological polar surface area (TPSA) is 72.5 Å². The standard InChI is InChI=1S/C15H15NO4S/c1-20-11-12-7-5-6-10-14(12)15(17)16-21(18,19)13-8-3-2-4-9-13/h2-10H,11H2,1H3,(H,16,17). The number of carbonyl (C=O) groups is 1. The fourth-order valence-electron chi connectivity index (χ4n) is 1.86. The predicted octanol–water partition coefficient (Wildman–Crippen LogP) is 1.95. The van der Waals surface area contributed by atoms with Gasteiger partial charge in [0.15, 0.2) is 0 Å². The molecule has 1 amide bonds. The number of ether oxygens (including phenoxy) is 1. The summed E-state index contributed by atoms with van der Waals surface area (Å²) in [5, 5.41) is 0. The molecule has 0 fully saturated rings. The number of methoxy groups -OCH3 is 1. The van der Waals surface area contributed by atoms with Crippen LogP contribution in [0.25, 0.3) is 0 Å². The van der Waals surface area contributed by atoms with E-state index in [4.69, 9.17) is 4.74 Å². The lowest BCUT2D eigenvalue weighted by atomic mass is 10.1. The van der Waals surface area contributed by atoms with Gasteiger partial charge in [0.05, 0.1) is 11.5 Å². The van der Waals surface area contributed by atoms with Gasteiger partial charge in [0.2, 0.25) is 0 Å². The van der Waals surface area contributed by atoms with Gasteiger partial charge in [0.1, 0.15) is 0 Å². The summed E-state index contributed by atoms with van der Waals surface area (Å²) in [5.41, 5.74) is 0.902. The van der Waals surface area contributed by atoms with E-state index in [1.807, 2.05) is 0 Å². The highest BCUT2D eigenvalue weighted by Crippen LogP contribution is 2.12. The summed E-state index contributed by atoms with van der Waals surface area (Å²) < 4.78 is 31.3. The molecular weight excluding hydrogens is 290 g/mol. The maximum absolute atomic E-state index is 12.2. The maximum atomic E-state index is 12.2. The van der Waals surface area contributed by atoms with E-state index in [0.29, 0.717) is 5.56 Å². The summed E-state index contributed by atoms with van der Waals surface area (Å²) in [4.78, 5) is 12.2. The van der Waals surface area contributed by atoms with Crippen LogP contribution >= 0.6 is 0 Å². The van der Waals surface area contributed by atoms with Crippen molar-refractivity contribution in [1.29, 1.82) is 0 Å². The highest BCUT2D eigenvalue weighted by atomic mass is 32.2. The first-order valence-electron chi connectivity index (χ1n) is 6.23. The molecule has 21 heavy (non-hydrogen) atoms. The average molecular weight is 305 g/mol. The zero-order valence-electron chi connectivity index (χ0n) is 11.4. The van der Waals surface area contributed by atoms with Crippen LogP contribution in [-0.4, -0.2) is 21.4 Å². The second kappa shape index (κ2) is 6.51. The third kappa shape index (κ3) is 3.68. The fraction of sp³-hybridized carbons (Fsp3) is 0.133. The Morgan fingerprint density at radius 3 is 2.33 bits per heavy atom. The molecule has 0 bridgehead atoms. The summed E-state index contributed by atoms with van der Waals surface area (Å²) >= 11 is 0. The van der Waals surface area contributed by atoms with Gasteiger partial charge in [-0.2, -0.15) is 0 Å². The first-order chi connectivity index (χ1) is 10.0. The van der Waals surface area contributed by atoms with Crippen molar-refractivity contribution in [2.75, 3.05) is 7.11 Å². The van der Waals surface area contributed by atoms with Crippen molar-refractivity contribution in [1.82, 2.24) is 4.72 Å². The summed E-state index contributed by atoms with van der Waals surface area (Å²) in [6.07, 6.45) is 0.